The zero-order chi connectivity index (χ0) is 15.5. The topological polar surface area (TPSA) is 126 Å². The molecule has 0 amide bonds. The van der Waals surface area contributed by atoms with Crippen LogP contribution in [0.5, 0.6) is 0 Å². The Balaban J connectivity index is 1.92. The Bertz CT molecular complexity index is 865. The number of nitriles is 1. The molecule has 0 radical (unpaired) electrons. The van der Waals surface area contributed by atoms with Crippen LogP contribution in [0.15, 0.2) is 30.6 Å². The van der Waals surface area contributed by atoms with Crippen LogP contribution in [0.1, 0.15) is 5.56 Å². The molecule has 2 heterocycles. The quantitative estimate of drug-likeness (QED) is 0.655. The number of hydrogen-bond donors (Lipinski definition) is 3. The van der Waals surface area contributed by atoms with Crippen molar-refractivity contribution in [3.63, 3.8) is 0 Å². The number of aliphatic hydroxyl groups excluding tert-OH is 1. The van der Waals surface area contributed by atoms with Gasteiger partial charge in [0.25, 0.3) is 0 Å². The van der Waals surface area contributed by atoms with Crippen LogP contribution in [0.4, 0.5) is 17.5 Å². The summed E-state index contributed by atoms with van der Waals surface area (Å²) in [5.41, 5.74) is 7.79. The summed E-state index contributed by atoms with van der Waals surface area (Å²) < 4.78 is 1.60. The molecule has 0 aliphatic rings. The summed E-state index contributed by atoms with van der Waals surface area (Å²) in [5, 5.41) is 25.5. The molecule has 0 fully saturated rings. The number of aromatic nitrogens is 4. The van der Waals surface area contributed by atoms with Crippen molar-refractivity contribution < 1.29 is 5.11 Å². The third-order valence-corrected chi connectivity index (χ3v) is 3.07. The van der Waals surface area contributed by atoms with E-state index in [1.165, 1.54) is 0 Å². The standard InChI is InChI=1S/C14H13N7O/c15-6-9-1-2-12-11(5-9)13(16)20-14(19-12)18-10-7-17-21(8-10)3-4-22/h1-2,5,7-8,22H,3-4H2,(H3,16,18,19,20). The number of rotatable bonds is 4. The Morgan fingerprint density at radius 3 is 3.00 bits per heavy atom. The molecule has 8 nitrogen and oxygen atoms in total. The smallest absolute Gasteiger partial charge is 0.229 e. The largest absolute Gasteiger partial charge is 0.394 e. The summed E-state index contributed by atoms with van der Waals surface area (Å²) in [5.74, 6) is 0.644. The molecular formula is C14H13N7O. The van der Waals surface area contributed by atoms with Gasteiger partial charge in [0.15, 0.2) is 0 Å². The molecule has 0 saturated carbocycles. The van der Waals surface area contributed by atoms with Crippen LogP contribution in [0.25, 0.3) is 10.9 Å². The highest BCUT2D eigenvalue weighted by Crippen LogP contribution is 2.22. The molecule has 110 valence electrons. The van der Waals surface area contributed by atoms with Crippen molar-refractivity contribution in [3.8, 4) is 6.07 Å². The number of aliphatic hydroxyl groups is 1. The van der Waals surface area contributed by atoms with Crippen LogP contribution in [0, 0.1) is 11.3 Å². The molecule has 0 unspecified atom stereocenters. The third-order valence-electron chi connectivity index (χ3n) is 3.07. The monoisotopic (exact) mass is 295 g/mol. The van der Waals surface area contributed by atoms with Gasteiger partial charge in [0.2, 0.25) is 5.95 Å². The second kappa shape index (κ2) is 5.67. The van der Waals surface area contributed by atoms with E-state index in [4.69, 9.17) is 16.1 Å². The van der Waals surface area contributed by atoms with Crippen LogP contribution < -0.4 is 11.1 Å². The van der Waals surface area contributed by atoms with Crippen molar-refractivity contribution in [1.29, 1.82) is 5.26 Å². The molecule has 0 atom stereocenters. The van der Waals surface area contributed by atoms with Gasteiger partial charge in [-0.25, -0.2) is 4.98 Å². The Hall–Kier alpha value is -3.18. The zero-order valence-corrected chi connectivity index (χ0v) is 11.6. The maximum Gasteiger partial charge on any atom is 0.229 e. The van der Waals surface area contributed by atoms with Gasteiger partial charge in [-0.2, -0.15) is 15.3 Å². The fourth-order valence-electron chi connectivity index (χ4n) is 2.06. The molecular weight excluding hydrogens is 282 g/mol. The number of fused-ring (bicyclic) bond motifs is 1. The van der Waals surface area contributed by atoms with E-state index < -0.39 is 0 Å². The minimum Gasteiger partial charge on any atom is -0.394 e. The van der Waals surface area contributed by atoms with Crippen LogP contribution in [-0.4, -0.2) is 31.5 Å². The number of nitrogen functional groups attached to an aromatic ring is 1. The summed E-state index contributed by atoms with van der Waals surface area (Å²) in [6, 6.07) is 7.12. The molecule has 3 aromatic rings. The van der Waals surface area contributed by atoms with E-state index in [2.05, 4.69) is 26.5 Å². The van der Waals surface area contributed by atoms with Gasteiger partial charge >= 0.3 is 0 Å². The lowest BCUT2D eigenvalue weighted by molar-refractivity contribution is 0.269. The Labute approximate surface area is 125 Å². The molecule has 22 heavy (non-hydrogen) atoms. The van der Waals surface area contributed by atoms with Crippen molar-refractivity contribution in [2.24, 2.45) is 0 Å². The predicted octanol–water partition coefficient (Wildman–Crippen LogP) is 1.02. The van der Waals surface area contributed by atoms with Crippen molar-refractivity contribution in [2.45, 2.75) is 6.54 Å². The van der Waals surface area contributed by atoms with Crippen LogP contribution in [0.2, 0.25) is 0 Å². The number of anilines is 3. The van der Waals surface area contributed by atoms with Crippen molar-refractivity contribution in [1.82, 2.24) is 19.7 Å². The fraction of sp³-hybridized carbons (Fsp3) is 0.143. The summed E-state index contributed by atoms with van der Waals surface area (Å²) >= 11 is 0. The van der Waals surface area contributed by atoms with Gasteiger partial charge in [0.1, 0.15) is 5.82 Å². The second-order valence-electron chi connectivity index (χ2n) is 4.62. The van der Waals surface area contributed by atoms with Gasteiger partial charge in [-0.3, -0.25) is 4.68 Å². The highest BCUT2D eigenvalue weighted by Gasteiger charge is 2.07. The summed E-state index contributed by atoms with van der Waals surface area (Å²) in [4.78, 5) is 8.55. The first-order valence-corrected chi connectivity index (χ1v) is 6.57. The zero-order valence-electron chi connectivity index (χ0n) is 11.6. The van der Waals surface area contributed by atoms with Crippen molar-refractivity contribution >= 4 is 28.4 Å². The van der Waals surface area contributed by atoms with Gasteiger partial charge in [-0.15, -0.1) is 0 Å². The van der Waals surface area contributed by atoms with Crippen molar-refractivity contribution in [2.75, 3.05) is 17.7 Å². The van der Waals surface area contributed by atoms with Crippen molar-refractivity contribution in [3.05, 3.63) is 36.2 Å². The first kappa shape index (κ1) is 13.8. The van der Waals surface area contributed by atoms with E-state index in [1.807, 2.05) is 0 Å². The first-order valence-electron chi connectivity index (χ1n) is 6.57. The molecule has 2 aromatic heterocycles. The second-order valence-corrected chi connectivity index (χ2v) is 4.62. The van der Waals surface area contributed by atoms with Crippen LogP contribution >= 0.6 is 0 Å². The normalized spacial score (nSPS) is 10.5. The molecule has 0 spiro atoms. The SMILES string of the molecule is N#Cc1ccc2nc(Nc3cnn(CCO)c3)nc(N)c2c1. The molecule has 4 N–H and O–H groups in total. The lowest BCUT2D eigenvalue weighted by Gasteiger charge is -2.06. The summed E-state index contributed by atoms with van der Waals surface area (Å²) in [6.07, 6.45) is 3.34. The minimum atomic E-state index is 0.0156. The van der Waals surface area contributed by atoms with Gasteiger partial charge in [0, 0.05) is 11.6 Å². The van der Waals surface area contributed by atoms with E-state index in [9.17, 15) is 0 Å². The molecule has 3 rings (SSSR count). The lowest BCUT2D eigenvalue weighted by Crippen LogP contribution is -2.02. The first-order chi connectivity index (χ1) is 10.7. The highest BCUT2D eigenvalue weighted by atomic mass is 16.3. The highest BCUT2D eigenvalue weighted by molar-refractivity contribution is 5.90. The predicted molar refractivity (Wildman–Crippen MR) is 81.3 cm³/mol. The molecule has 1 aromatic carbocycles. The Morgan fingerprint density at radius 1 is 1.36 bits per heavy atom. The van der Waals surface area contributed by atoms with E-state index in [-0.39, 0.29) is 6.61 Å². The molecule has 0 saturated heterocycles. The molecule has 0 bridgehead atoms. The Morgan fingerprint density at radius 2 is 2.23 bits per heavy atom. The number of nitrogens with zero attached hydrogens (tertiary/aromatic N) is 5. The van der Waals surface area contributed by atoms with E-state index in [0.717, 1.165) is 0 Å². The maximum absolute atomic E-state index is 8.91. The van der Waals surface area contributed by atoms with Gasteiger partial charge in [-0.05, 0) is 18.2 Å². The van der Waals surface area contributed by atoms with Gasteiger partial charge in [0.05, 0.1) is 42.2 Å². The third kappa shape index (κ3) is 2.65. The molecule has 0 aliphatic carbocycles. The maximum atomic E-state index is 8.91. The number of benzene rings is 1. The minimum absolute atomic E-state index is 0.0156. The fourth-order valence-corrected chi connectivity index (χ4v) is 2.06. The molecule has 0 aliphatic heterocycles. The van der Waals surface area contributed by atoms with Gasteiger partial charge in [-0.1, -0.05) is 0 Å². The van der Waals surface area contributed by atoms with Crippen LogP contribution in [-0.2, 0) is 6.54 Å². The summed E-state index contributed by atoms with van der Waals surface area (Å²) in [7, 11) is 0. The Kier molecular flexibility index (Phi) is 3.55. The van der Waals surface area contributed by atoms with E-state index >= 15 is 0 Å². The molecule has 8 heteroatoms. The van der Waals surface area contributed by atoms with E-state index in [0.29, 0.717) is 40.5 Å². The summed E-state index contributed by atoms with van der Waals surface area (Å²) in [6.45, 7) is 0.432. The average Bonchev–Trinajstić information content (AvgIpc) is 2.94. The van der Waals surface area contributed by atoms with E-state index in [1.54, 1.807) is 35.3 Å². The average molecular weight is 295 g/mol. The van der Waals surface area contributed by atoms with Crippen LogP contribution in [0.3, 0.4) is 0 Å². The number of hydrogen-bond acceptors (Lipinski definition) is 7. The number of nitrogens with one attached hydrogen (secondary N) is 1. The number of nitrogens with two attached hydrogens (primary N) is 1. The van der Waals surface area contributed by atoms with Gasteiger partial charge < -0.3 is 16.2 Å². The lowest BCUT2D eigenvalue weighted by atomic mass is 10.1.